The highest BCUT2D eigenvalue weighted by Crippen LogP contribution is 1.96. The third kappa shape index (κ3) is 5.40. The van der Waals surface area contributed by atoms with Crippen LogP contribution in [0, 0.1) is 0 Å². The summed E-state index contributed by atoms with van der Waals surface area (Å²) < 4.78 is 22.7. The van der Waals surface area contributed by atoms with E-state index in [-0.39, 0.29) is 6.42 Å². The summed E-state index contributed by atoms with van der Waals surface area (Å²) >= 11 is 0. The van der Waals surface area contributed by atoms with Gasteiger partial charge in [0.15, 0.2) is 5.78 Å². The Labute approximate surface area is 53.1 Å². The molecule has 3 heteroatoms. The van der Waals surface area contributed by atoms with Gasteiger partial charge >= 0.3 is 0 Å². The minimum absolute atomic E-state index is 0.181. The van der Waals surface area contributed by atoms with Crippen LogP contribution in [0.5, 0.6) is 0 Å². The number of rotatable bonds is 5. The molecule has 0 rings (SSSR count). The molecule has 0 aliphatic rings. The molecule has 1 nitrogen and oxygen atoms in total. The number of Topliss-reactive ketones (excluding diaryl/α,β-unsaturated/α-hetero) is 1. The Morgan fingerprint density at radius 2 is 1.89 bits per heavy atom. The molecular weight excluding hydrogens is 126 g/mol. The van der Waals surface area contributed by atoms with Gasteiger partial charge in [-0.2, -0.15) is 0 Å². The number of alkyl halides is 2. The number of carbonyl (C=O) groups excluding carboxylic acids is 1. The van der Waals surface area contributed by atoms with Gasteiger partial charge < -0.3 is 0 Å². The van der Waals surface area contributed by atoms with Gasteiger partial charge in [0.25, 0.3) is 0 Å². The fraction of sp³-hybridized carbons (Fsp3) is 0.833. The van der Waals surface area contributed by atoms with E-state index in [9.17, 15) is 13.6 Å². The lowest BCUT2D eigenvalue weighted by molar-refractivity contribution is -0.120. The Bertz CT molecular complexity index is 83.1. The average Bonchev–Trinajstić information content (AvgIpc) is 1.89. The molecule has 0 saturated carbocycles. The summed E-state index contributed by atoms with van der Waals surface area (Å²) in [6, 6.07) is 0. The van der Waals surface area contributed by atoms with Gasteiger partial charge in [0, 0.05) is 6.42 Å². The second kappa shape index (κ2) is 5.66. The van der Waals surface area contributed by atoms with Crippen LogP contribution in [-0.4, -0.2) is 19.1 Å². The van der Waals surface area contributed by atoms with Crippen LogP contribution in [0.1, 0.15) is 19.3 Å². The Kier molecular flexibility index (Phi) is 5.37. The molecule has 0 radical (unpaired) electrons. The van der Waals surface area contributed by atoms with E-state index in [1.165, 1.54) is 0 Å². The zero-order chi connectivity index (χ0) is 7.11. The Morgan fingerprint density at radius 1 is 1.22 bits per heavy atom. The van der Waals surface area contributed by atoms with Crippen LogP contribution in [0.15, 0.2) is 0 Å². The molecule has 0 spiro atoms. The molecule has 0 atom stereocenters. The van der Waals surface area contributed by atoms with Crippen LogP contribution in [0.25, 0.3) is 0 Å². The van der Waals surface area contributed by atoms with Crippen molar-refractivity contribution in [2.75, 3.05) is 13.3 Å². The first-order chi connectivity index (χ1) is 4.31. The summed E-state index contributed by atoms with van der Waals surface area (Å²) in [4.78, 5) is 10.2. The first kappa shape index (κ1) is 8.53. The summed E-state index contributed by atoms with van der Waals surface area (Å²) in [7, 11) is 0. The molecule has 0 unspecified atom stereocenters. The van der Waals surface area contributed by atoms with E-state index in [1.54, 1.807) is 0 Å². The molecule has 0 fully saturated rings. The topological polar surface area (TPSA) is 17.1 Å². The van der Waals surface area contributed by atoms with Gasteiger partial charge in [0.1, 0.15) is 6.67 Å². The summed E-state index contributed by atoms with van der Waals surface area (Å²) in [6.07, 6.45) is 1.02. The summed E-state index contributed by atoms with van der Waals surface area (Å²) in [5.74, 6) is -0.427. The van der Waals surface area contributed by atoms with Gasteiger partial charge in [0.05, 0.1) is 6.67 Å². The second-order valence-electron chi connectivity index (χ2n) is 1.82. The van der Waals surface area contributed by atoms with Crippen LogP contribution >= 0.6 is 0 Å². The molecule has 54 valence electrons. The van der Waals surface area contributed by atoms with Crippen molar-refractivity contribution in [1.82, 2.24) is 0 Å². The van der Waals surface area contributed by atoms with Crippen molar-refractivity contribution in [3.63, 3.8) is 0 Å². The average molecular weight is 136 g/mol. The lowest BCUT2D eigenvalue weighted by Gasteiger charge is -1.91. The predicted molar refractivity (Wildman–Crippen MR) is 30.8 cm³/mol. The third-order valence-corrected chi connectivity index (χ3v) is 0.988. The normalized spacial score (nSPS) is 9.56. The predicted octanol–water partition coefficient (Wildman–Crippen LogP) is 1.66. The number of halogens is 2. The van der Waals surface area contributed by atoms with E-state index in [0.29, 0.717) is 12.8 Å². The Morgan fingerprint density at radius 3 is 2.33 bits per heavy atom. The van der Waals surface area contributed by atoms with Crippen molar-refractivity contribution in [1.29, 1.82) is 0 Å². The van der Waals surface area contributed by atoms with Crippen LogP contribution in [0.3, 0.4) is 0 Å². The van der Waals surface area contributed by atoms with E-state index in [2.05, 4.69) is 0 Å². The number of carbonyl (C=O) groups is 1. The maximum atomic E-state index is 11.4. The highest BCUT2D eigenvalue weighted by molar-refractivity contribution is 5.79. The third-order valence-electron chi connectivity index (χ3n) is 0.988. The van der Waals surface area contributed by atoms with Crippen molar-refractivity contribution in [2.45, 2.75) is 19.3 Å². The van der Waals surface area contributed by atoms with E-state index in [1.807, 2.05) is 0 Å². The van der Waals surface area contributed by atoms with Crippen molar-refractivity contribution >= 4 is 5.78 Å². The van der Waals surface area contributed by atoms with Gasteiger partial charge in [-0.1, -0.05) is 0 Å². The van der Waals surface area contributed by atoms with E-state index in [4.69, 9.17) is 0 Å². The monoisotopic (exact) mass is 136 g/mol. The zero-order valence-electron chi connectivity index (χ0n) is 5.20. The second-order valence-corrected chi connectivity index (χ2v) is 1.82. The Hall–Kier alpha value is -0.470. The number of ketones is 1. The molecule has 0 saturated heterocycles. The molecule has 0 bridgehead atoms. The molecule has 9 heavy (non-hydrogen) atoms. The molecule has 0 aromatic heterocycles. The number of unbranched alkanes of at least 4 members (excludes halogenated alkanes) is 1. The molecule has 0 amide bonds. The highest BCUT2D eigenvalue weighted by Gasteiger charge is 1.98. The summed E-state index contributed by atoms with van der Waals surface area (Å²) in [6.45, 7) is -1.33. The van der Waals surface area contributed by atoms with E-state index >= 15 is 0 Å². The van der Waals surface area contributed by atoms with Crippen molar-refractivity contribution in [2.24, 2.45) is 0 Å². The maximum Gasteiger partial charge on any atom is 0.163 e. The lowest BCUT2D eigenvalue weighted by Crippen LogP contribution is -1.98. The summed E-state index contributed by atoms with van der Waals surface area (Å²) in [5, 5.41) is 0. The van der Waals surface area contributed by atoms with Gasteiger partial charge in [-0.3, -0.25) is 9.18 Å². The smallest absolute Gasteiger partial charge is 0.163 e. The molecule has 0 aromatic carbocycles. The van der Waals surface area contributed by atoms with E-state index in [0.717, 1.165) is 0 Å². The fourth-order valence-electron chi connectivity index (χ4n) is 0.483. The fourth-order valence-corrected chi connectivity index (χ4v) is 0.483. The van der Waals surface area contributed by atoms with Crippen molar-refractivity contribution in [3.05, 3.63) is 0 Å². The minimum Gasteiger partial charge on any atom is -0.297 e. The van der Waals surface area contributed by atoms with Crippen molar-refractivity contribution < 1.29 is 13.6 Å². The van der Waals surface area contributed by atoms with Crippen LogP contribution in [0.2, 0.25) is 0 Å². The SMILES string of the molecule is O=C(CF)CCCCF. The van der Waals surface area contributed by atoms with Crippen LogP contribution in [0.4, 0.5) is 8.78 Å². The molecule has 0 aliphatic heterocycles. The lowest BCUT2D eigenvalue weighted by atomic mass is 10.2. The van der Waals surface area contributed by atoms with Crippen LogP contribution < -0.4 is 0 Å². The number of hydrogen-bond acceptors (Lipinski definition) is 1. The summed E-state index contributed by atoms with van der Waals surface area (Å²) in [5.41, 5.74) is 0. The van der Waals surface area contributed by atoms with Crippen LogP contribution in [-0.2, 0) is 4.79 Å². The molecule has 0 heterocycles. The van der Waals surface area contributed by atoms with E-state index < -0.39 is 19.1 Å². The number of hydrogen-bond donors (Lipinski definition) is 0. The van der Waals surface area contributed by atoms with Crippen molar-refractivity contribution in [3.8, 4) is 0 Å². The first-order valence-electron chi connectivity index (χ1n) is 2.95. The maximum absolute atomic E-state index is 11.4. The molecule has 0 N–H and O–H groups in total. The molecule has 0 aliphatic carbocycles. The quantitative estimate of drug-likeness (QED) is 0.525. The first-order valence-corrected chi connectivity index (χ1v) is 2.95. The molecule has 0 aromatic rings. The zero-order valence-corrected chi connectivity index (χ0v) is 5.20. The van der Waals surface area contributed by atoms with Gasteiger partial charge in [-0.15, -0.1) is 0 Å². The minimum atomic E-state index is -0.910. The standard InChI is InChI=1S/C6H10F2O/c7-4-2-1-3-6(9)5-8/h1-5H2. The Balaban J connectivity index is 2.97. The van der Waals surface area contributed by atoms with Gasteiger partial charge in [-0.05, 0) is 12.8 Å². The highest BCUT2D eigenvalue weighted by atomic mass is 19.1. The van der Waals surface area contributed by atoms with Gasteiger partial charge in [0.2, 0.25) is 0 Å². The van der Waals surface area contributed by atoms with Gasteiger partial charge in [-0.25, -0.2) is 4.39 Å². The largest absolute Gasteiger partial charge is 0.297 e. The molecular formula is C6H10F2O.